The van der Waals surface area contributed by atoms with Crippen LogP contribution < -0.4 is 10.6 Å². The largest absolute Gasteiger partial charge is 0.459 e. The van der Waals surface area contributed by atoms with Gasteiger partial charge in [-0.1, -0.05) is 12.5 Å². The second-order valence-corrected chi connectivity index (χ2v) is 9.39. The maximum absolute atomic E-state index is 12.9. The zero-order valence-electron chi connectivity index (χ0n) is 17.3. The van der Waals surface area contributed by atoms with Gasteiger partial charge in [0.25, 0.3) is 11.8 Å². The summed E-state index contributed by atoms with van der Waals surface area (Å²) in [4.78, 5) is 24.8. The van der Waals surface area contributed by atoms with E-state index in [1.807, 2.05) is 0 Å². The fourth-order valence-electron chi connectivity index (χ4n) is 3.50. The number of rotatable bonds is 6. The lowest BCUT2D eigenvalue weighted by atomic mass is 10.2. The Labute approximate surface area is 186 Å². The fourth-order valence-corrected chi connectivity index (χ4v) is 5.06. The van der Waals surface area contributed by atoms with Crippen molar-refractivity contribution in [2.45, 2.75) is 24.2 Å². The summed E-state index contributed by atoms with van der Waals surface area (Å²) in [6.07, 6.45) is 4.16. The maximum Gasteiger partial charge on any atom is 0.291 e. The van der Waals surface area contributed by atoms with Crippen LogP contribution in [-0.2, 0) is 10.0 Å². The van der Waals surface area contributed by atoms with E-state index in [4.69, 9.17) is 4.42 Å². The number of carbonyl (C=O) groups excluding carboxylic acids is 2. The molecular weight excluding hydrogens is 430 g/mol. The number of hydrogen-bond acceptors (Lipinski definition) is 5. The van der Waals surface area contributed by atoms with E-state index in [1.54, 1.807) is 48.5 Å². The second kappa shape index (κ2) is 9.37. The van der Waals surface area contributed by atoms with E-state index in [2.05, 4.69) is 10.6 Å². The molecule has 0 saturated carbocycles. The number of amides is 2. The van der Waals surface area contributed by atoms with Crippen molar-refractivity contribution in [1.82, 2.24) is 4.31 Å². The zero-order valence-corrected chi connectivity index (χ0v) is 18.1. The average molecular weight is 454 g/mol. The number of hydrogen-bond donors (Lipinski definition) is 2. The van der Waals surface area contributed by atoms with Crippen molar-refractivity contribution >= 4 is 33.2 Å². The number of carbonyl (C=O) groups is 2. The SMILES string of the molecule is O=C(Nc1cccc(S(=O)(=O)N2CCCCC2)c1)c1ccc(NC(=O)c2ccco2)cc1. The van der Waals surface area contributed by atoms with Gasteiger partial charge in [-0.15, -0.1) is 0 Å². The van der Waals surface area contributed by atoms with Gasteiger partial charge < -0.3 is 15.1 Å². The highest BCUT2D eigenvalue weighted by molar-refractivity contribution is 7.89. The minimum Gasteiger partial charge on any atom is -0.459 e. The minimum absolute atomic E-state index is 0.160. The van der Waals surface area contributed by atoms with Crippen molar-refractivity contribution in [3.8, 4) is 0 Å². The molecule has 0 atom stereocenters. The summed E-state index contributed by atoms with van der Waals surface area (Å²) in [5, 5.41) is 5.41. The van der Waals surface area contributed by atoms with Crippen LogP contribution in [-0.4, -0.2) is 37.6 Å². The van der Waals surface area contributed by atoms with E-state index in [0.717, 1.165) is 19.3 Å². The summed E-state index contributed by atoms with van der Waals surface area (Å²) < 4.78 is 32.3. The van der Waals surface area contributed by atoms with Crippen molar-refractivity contribution < 1.29 is 22.4 Å². The highest BCUT2D eigenvalue weighted by Gasteiger charge is 2.26. The van der Waals surface area contributed by atoms with Crippen molar-refractivity contribution in [2.24, 2.45) is 0 Å². The molecule has 166 valence electrons. The lowest BCUT2D eigenvalue weighted by Gasteiger charge is -2.26. The molecule has 2 N–H and O–H groups in total. The van der Waals surface area contributed by atoms with E-state index < -0.39 is 10.0 Å². The summed E-state index contributed by atoms with van der Waals surface area (Å²) in [6.45, 7) is 1.03. The summed E-state index contributed by atoms with van der Waals surface area (Å²) in [5.74, 6) is -0.591. The van der Waals surface area contributed by atoms with E-state index >= 15 is 0 Å². The van der Waals surface area contributed by atoms with Gasteiger partial charge >= 0.3 is 0 Å². The first-order valence-corrected chi connectivity index (χ1v) is 11.7. The Hall–Kier alpha value is -3.43. The van der Waals surface area contributed by atoms with Crippen LogP contribution in [0.15, 0.2) is 76.2 Å². The smallest absolute Gasteiger partial charge is 0.291 e. The van der Waals surface area contributed by atoms with Gasteiger partial charge in [-0.25, -0.2) is 8.42 Å². The molecule has 1 aliphatic rings. The van der Waals surface area contributed by atoms with Gasteiger partial charge in [0.1, 0.15) is 0 Å². The minimum atomic E-state index is -3.59. The van der Waals surface area contributed by atoms with Crippen LogP contribution in [0.2, 0.25) is 0 Å². The van der Waals surface area contributed by atoms with Crippen LogP contribution in [0.25, 0.3) is 0 Å². The molecule has 0 unspecified atom stereocenters. The zero-order chi connectivity index (χ0) is 22.6. The summed E-state index contributed by atoms with van der Waals surface area (Å²) >= 11 is 0. The molecule has 4 rings (SSSR count). The van der Waals surface area contributed by atoms with Gasteiger partial charge in [-0.2, -0.15) is 4.31 Å². The molecule has 1 saturated heterocycles. The Morgan fingerprint density at radius 3 is 2.22 bits per heavy atom. The third kappa shape index (κ3) is 4.90. The fraction of sp³-hybridized carbons (Fsp3) is 0.217. The predicted octanol–water partition coefficient (Wildman–Crippen LogP) is 3.96. The monoisotopic (exact) mass is 453 g/mol. The number of benzene rings is 2. The van der Waals surface area contributed by atoms with Crippen LogP contribution in [0.1, 0.15) is 40.2 Å². The number of nitrogens with one attached hydrogen (secondary N) is 2. The molecule has 8 nitrogen and oxygen atoms in total. The number of furan rings is 1. The van der Waals surface area contributed by atoms with E-state index in [-0.39, 0.29) is 22.5 Å². The molecule has 9 heteroatoms. The lowest BCUT2D eigenvalue weighted by molar-refractivity contribution is 0.0995. The lowest BCUT2D eigenvalue weighted by Crippen LogP contribution is -2.35. The third-order valence-electron chi connectivity index (χ3n) is 5.19. The first kappa shape index (κ1) is 21.8. The average Bonchev–Trinajstić information content (AvgIpc) is 3.36. The standard InChI is InChI=1S/C23H23N3O5S/c27-22(17-9-11-18(12-10-17)24-23(28)21-8-5-15-31-21)25-19-6-4-7-20(16-19)32(29,30)26-13-2-1-3-14-26/h4-12,15-16H,1-3,13-14H2,(H,24,28)(H,25,27). The number of anilines is 2. The van der Waals surface area contributed by atoms with Gasteiger partial charge in [0.2, 0.25) is 10.0 Å². The summed E-state index contributed by atoms with van der Waals surface area (Å²) in [7, 11) is -3.59. The van der Waals surface area contributed by atoms with Gasteiger partial charge in [-0.05, 0) is 67.4 Å². The molecule has 0 radical (unpaired) electrons. The highest BCUT2D eigenvalue weighted by Crippen LogP contribution is 2.23. The van der Waals surface area contributed by atoms with Crippen LogP contribution in [0.5, 0.6) is 0 Å². The normalized spacial score (nSPS) is 14.6. The first-order valence-electron chi connectivity index (χ1n) is 10.3. The molecule has 1 fully saturated rings. The maximum atomic E-state index is 12.9. The molecule has 1 aromatic heterocycles. The molecule has 0 aliphatic carbocycles. The molecule has 0 bridgehead atoms. The van der Waals surface area contributed by atoms with Crippen LogP contribution in [0, 0.1) is 0 Å². The highest BCUT2D eigenvalue weighted by atomic mass is 32.2. The Morgan fingerprint density at radius 1 is 0.812 bits per heavy atom. The molecule has 2 amide bonds. The molecule has 3 aromatic rings. The molecular formula is C23H23N3O5S. The van der Waals surface area contributed by atoms with Crippen molar-refractivity contribution in [3.63, 3.8) is 0 Å². The van der Waals surface area contributed by atoms with Crippen LogP contribution in [0.4, 0.5) is 11.4 Å². The molecule has 2 aromatic carbocycles. The first-order chi connectivity index (χ1) is 15.4. The Kier molecular flexibility index (Phi) is 6.38. The van der Waals surface area contributed by atoms with Crippen molar-refractivity contribution in [1.29, 1.82) is 0 Å². The number of nitrogens with zero attached hydrogens (tertiary/aromatic N) is 1. The van der Waals surface area contributed by atoms with Gasteiger partial charge in [-0.3, -0.25) is 9.59 Å². The third-order valence-corrected chi connectivity index (χ3v) is 7.09. The van der Waals surface area contributed by atoms with Crippen LogP contribution >= 0.6 is 0 Å². The van der Waals surface area contributed by atoms with Gasteiger partial charge in [0.15, 0.2) is 5.76 Å². The van der Waals surface area contributed by atoms with E-state index in [0.29, 0.717) is 30.0 Å². The van der Waals surface area contributed by atoms with Crippen molar-refractivity contribution in [3.05, 3.63) is 78.3 Å². The quantitative estimate of drug-likeness (QED) is 0.587. The number of sulfonamides is 1. The predicted molar refractivity (Wildman–Crippen MR) is 120 cm³/mol. The summed E-state index contributed by atoms with van der Waals surface area (Å²) in [5.41, 5.74) is 1.27. The number of piperidine rings is 1. The second-order valence-electron chi connectivity index (χ2n) is 7.46. The van der Waals surface area contributed by atoms with Gasteiger partial charge in [0.05, 0.1) is 11.2 Å². The Bertz CT molecular complexity index is 1200. The van der Waals surface area contributed by atoms with Gasteiger partial charge in [0, 0.05) is 30.0 Å². The summed E-state index contributed by atoms with van der Waals surface area (Å²) in [6, 6.07) is 15.8. The molecule has 1 aliphatic heterocycles. The molecule has 0 spiro atoms. The van der Waals surface area contributed by atoms with Crippen molar-refractivity contribution in [2.75, 3.05) is 23.7 Å². The Morgan fingerprint density at radius 2 is 1.53 bits per heavy atom. The van der Waals surface area contributed by atoms with E-state index in [9.17, 15) is 18.0 Å². The van der Waals surface area contributed by atoms with E-state index in [1.165, 1.54) is 22.7 Å². The topological polar surface area (TPSA) is 109 Å². The Balaban J connectivity index is 1.42. The van der Waals surface area contributed by atoms with Crippen LogP contribution in [0.3, 0.4) is 0 Å². The molecule has 2 heterocycles. The molecule has 32 heavy (non-hydrogen) atoms.